The van der Waals surface area contributed by atoms with Crippen LogP contribution >= 0.6 is 11.6 Å². The van der Waals surface area contributed by atoms with Crippen LogP contribution in [0.4, 0.5) is 0 Å². The summed E-state index contributed by atoms with van der Waals surface area (Å²) in [5.74, 6) is 0.261. The standard InChI is InChI=1S/C19H17ClO4/c1-13-2-4-14(5-3-13)6-7-18(21)23-11-16-9-17(20)8-15-10-22-12-24-19(15)16/h2-9H,10-12H2,1H3/b7-6+. The molecule has 1 aliphatic heterocycles. The van der Waals surface area contributed by atoms with Gasteiger partial charge >= 0.3 is 5.97 Å². The van der Waals surface area contributed by atoms with Gasteiger partial charge in [-0.2, -0.15) is 0 Å². The van der Waals surface area contributed by atoms with Crippen LogP contribution in [-0.2, 0) is 27.5 Å². The van der Waals surface area contributed by atoms with Gasteiger partial charge in [-0.05, 0) is 30.7 Å². The average Bonchev–Trinajstić information content (AvgIpc) is 2.59. The summed E-state index contributed by atoms with van der Waals surface area (Å²) < 4.78 is 16.0. The molecular weight excluding hydrogens is 328 g/mol. The SMILES string of the molecule is Cc1ccc(/C=C/C(=O)OCc2cc(Cl)cc3c2OCOC3)cc1. The lowest BCUT2D eigenvalue weighted by Crippen LogP contribution is -2.14. The van der Waals surface area contributed by atoms with Crippen LogP contribution in [0.15, 0.2) is 42.5 Å². The molecule has 0 radical (unpaired) electrons. The van der Waals surface area contributed by atoms with E-state index in [9.17, 15) is 4.79 Å². The average molecular weight is 345 g/mol. The van der Waals surface area contributed by atoms with Crippen molar-refractivity contribution >= 4 is 23.6 Å². The van der Waals surface area contributed by atoms with Gasteiger partial charge in [0.2, 0.25) is 0 Å². The Morgan fingerprint density at radius 3 is 2.88 bits per heavy atom. The molecule has 0 saturated carbocycles. The predicted molar refractivity (Wildman–Crippen MR) is 91.7 cm³/mol. The Hall–Kier alpha value is -2.30. The maximum Gasteiger partial charge on any atom is 0.331 e. The number of benzene rings is 2. The van der Waals surface area contributed by atoms with E-state index in [1.165, 1.54) is 11.6 Å². The molecule has 0 fully saturated rings. The largest absolute Gasteiger partial charge is 0.467 e. The van der Waals surface area contributed by atoms with Gasteiger partial charge in [-0.1, -0.05) is 41.4 Å². The highest BCUT2D eigenvalue weighted by Gasteiger charge is 2.17. The molecule has 0 spiro atoms. The second kappa shape index (κ2) is 7.51. The van der Waals surface area contributed by atoms with Crippen molar-refractivity contribution < 1.29 is 19.0 Å². The maximum absolute atomic E-state index is 11.9. The molecule has 0 aromatic heterocycles. The van der Waals surface area contributed by atoms with Crippen LogP contribution in [0.25, 0.3) is 6.08 Å². The van der Waals surface area contributed by atoms with Gasteiger partial charge in [0, 0.05) is 22.2 Å². The van der Waals surface area contributed by atoms with Crippen molar-refractivity contribution in [2.45, 2.75) is 20.1 Å². The number of halogens is 1. The molecule has 0 atom stereocenters. The summed E-state index contributed by atoms with van der Waals surface area (Å²) in [6.07, 6.45) is 3.13. The van der Waals surface area contributed by atoms with Crippen LogP contribution in [0, 0.1) is 6.92 Å². The van der Waals surface area contributed by atoms with Crippen molar-refractivity contribution in [3.05, 3.63) is 69.8 Å². The molecule has 0 amide bonds. The zero-order valence-corrected chi connectivity index (χ0v) is 14.0. The molecule has 2 aromatic carbocycles. The number of aryl methyl sites for hydroxylation is 1. The quantitative estimate of drug-likeness (QED) is 0.613. The summed E-state index contributed by atoms with van der Waals surface area (Å²) in [5, 5.41) is 0.559. The summed E-state index contributed by atoms with van der Waals surface area (Å²) >= 11 is 6.09. The fourth-order valence-electron chi connectivity index (χ4n) is 2.40. The van der Waals surface area contributed by atoms with Gasteiger partial charge in [0.1, 0.15) is 12.4 Å². The lowest BCUT2D eigenvalue weighted by Gasteiger charge is -2.20. The fraction of sp³-hybridized carbons (Fsp3) is 0.211. The van der Waals surface area contributed by atoms with Crippen molar-refractivity contribution in [1.29, 1.82) is 0 Å². The Morgan fingerprint density at radius 2 is 2.08 bits per heavy atom. The lowest BCUT2D eigenvalue weighted by molar-refractivity contribution is -0.139. The zero-order valence-electron chi connectivity index (χ0n) is 13.3. The minimum Gasteiger partial charge on any atom is -0.467 e. The highest BCUT2D eigenvalue weighted by atomic mass is 35.5. The summed E-state index contributed by atoms with van der Waals surface area (Å²) in [6.45, 7) is 2.73. The molecule has 1 aliphatic rings. The third-order valence-corrected chi connectivity index (χ3v) is 3.83. The highest BCUT2D eigenvalue weighted by Crippen LogP contribution is 2.32. The van der Waals surface area contributed by atoms with E-state index in [2.05, 4.69) is 0 Å². The van der Waals surface area contributed by atoms with Crippen molar-refractivity contribution in [2.75, 3.05) is 6.79 Å². The Morgan fingerprint density at radius 1 is 1.29 bits per heavy atom. The minimum absolute atomic E-state index is 0.0972. The van der Waals surface area contributed by atoms with Gasteiger partial charge in [-0.15, -0.1) is 0 Å². The van der Waals surface area contributed by atoms with E-state index in [4.69, 9.17) is 25.8 Å². The zero-order chi connectivity index (χ0) is 16.9. The molecule has 3 rings (SSSR count). The molecule has 24 heavy (non-hydrogen) atoms. The van der Waals surface area contributed by atoms with Crippen molar-refractivity contribution in [2.24, 2.45) is 0 Å². The molecule has 124 valence electrons. The second-order valence-electron chi connectivity index (χ2n) is 5.52. The number of fused-ring (bicyclic) bond motifs is 1. The molecule has 4 nitrogen and oxygen atoms in total. The number of carbonyl (C=O) groups is 1. The summed E-state index contributed by atoms with van der Waals surface area (Å²) in [6, 6.07) is 11.4. The number of carbonyl (C=O) groups excluding carboxylic acids is 1. The van der Waals surface area contributed by atoms with Gasteiger partial charge in [0.05, 0.1) is 6.61 Å². The minimum atomic E-state index is -0.420. The van der Waals surface area contributed by atoms with E-state index in [0.717, 1.165) is 16.7 Å². The van der Waals surface area contributed by atoms with Crippen LogP contribution in [0.5, 0.6) is 5.75 Å². The maximum atomic E-state index is 11.9. The first-order valence-electron chi connectivity index (χ1n) is 7.55. The van der Waals surface area contributed by atoms with Crippen LogP contribution in [-0.4, -0.2) is 12.8 Å². The first-order valence-corrected chi connectivity index (χ1v) is 7.93. The number of esters is 1. The lowest BCUT2D eigenvalue weighted by atomic mass is 10.1. The Labute approximate surface area is 145 Å². The molecule has 0 unspecified atom stereocenters. The van der Waals surface area contributed by atoms with E-state index in [1.54, 1.807) is 18.2 Å². The van der Waals surface area contributed by atoms with Gasteiger partial charge < -0.3 is 14.2 Å². The smallest absolute Gasteiger partial charge is 0.331 e. The topological polar surface area (TPSA) is 44.8 Å². The first kappa shape index (κ1) is 16.6. The van der Waals surface area contributed by atoms with Gasteiger partial charge in [0.25, 0.3) is 0 Å². The van der Waals surface area contributed by atoms with Gasteiger partial charge in [-0.25, -0.2) is 4.79 Å². The molecule has 0 aliphatic carbocycles. The van der Waals surface area contributed by atoms with Crippen molar-refractivity contribution in [3.63, 3.8) is 0 Å². The van der Waals surface area contributed by atoms with E-state index < -0.39 is 5.97 Å². The van der Waals surface area contributed by atoms with Crippen molar-refractivity contribution in [1.82, 2.24) is 0 Å². The molecule has 0 N–H and O–H groups in total. The Kier molecular flexibility index (Phi) is 5.18. The normalized spacial score (nSPS) is 13.4. The first-order chi connectivity index (χ1) is 11.6. The van der Waals surface area contributed by atoms with E-state index >= 15 is 0 Å². The summed E-state index contributed by atoms with van der Waals surface area (Å²) in [4.78, 5) is 11.9. The molecule has 5 heteroatoms. The fourth-order valence-corrected chi connectivity index (χ4v) is 2.67. The molecule has 2 aromatic rings. The van der Waals surface area contributed by atoms with E-state index in [-0.39, 0.29) is 13.4 Å². The van der Waals surface area contributed by atoms with Crippen LogP contribution in [0.2, 0.25) is 5.02 Å². The van der Waals surface area contributed by atoms with E-state index in [1.807, 2.05) is 31.2 Å². The highest BCUT2D eigenvalue weighted by molar-refractivity contribution is 6.30. The molecule has 1 heterocycles. The third kappa shape index (κ3) is 4.16. The number of hydrogen-bond donors (Lipinski definition) is 0. The summed E-state index contributed by atoms with van der Waals surface area (Å²) in [5.41, 5.74) is 3.70. The Bertz CT molecular complexity index is 766. The van der Waals surface area contributed by atoms with Gasteiger partial charge in [0.15, 0.2) is 6.79 Å². The summed E-state index contributed by atoms with van der Waals surface area (Å²) in [7, 11) is 0. The van der Waals surface area contributed by atoms with E-state index in [0.29, 0.717) is 17.4 Å². The predicted octanol–water partition coefficient (Wildman–Crippen LogP) is 4.27. The monoisotopic (exact) mass is 344 g/mol. The Balaban J connectivity index is 1.64. The number of hydrogen-bond acceptors (Lipinski definition) is 4. The van der Waals surface area contributed by atoms with Crippen LogP contribution in [0.3, 0.4) is 0 Å². The number of ether oxygens (including phenoxy) is 3. The van der Waals surface area contributed by atoms with Crippen molar-refractivity contribution in [3.8, 4) is 5.75 Å². The molecular formula is C19H17ClO4. The number of rotatable bonds is 4. The van der Waals surface area contributed by atoms with Gasteiger partial charge in [-0.3, -0.25) is 0 Å². The third-order valence-electron chi connectivity index (χ3n) is 3.61. The van der Waals surface area contributed by atoms with Crippen LogP contribution < -0.4 is 4.74 Å². The molecule has 0 bridgehead atoms. The van der Waals surface area contributed by atoms with Crippen LogP contribution in [0.1, 0.15) is 22.3 Å². The second-order valence-corrected chi connectivity index (χ2v) is 5.95. The molecule has 0 saturated heterocycles.